The monoisotopic (exact) mass is 909 g/mol. The molecular formula is C49H50IrN2OSi-2. The number of hydrogen-bond donors (Lipinski definition) is 0. The van der Waals surface area contributed by atoms with Crippen molar-refractivity contribution in [2.24, 2.45) is 0 Å². The predicted octanol–water partition coefficient (Wildman–Crippen LogP) is 13.5. The number of fused-ring (bicyclic) bond motifs is 6. The molecule has 277 valence electrons. The zero-order chi connectivity index (χ0) is 42.9. The first-order chi connectivity index (χ1) is 27.4. The second-order valence-electron chi connectivity index (χ2n) is 15.5. The minimum atomic E-state index is -2.13. The minimum Gasteiger partial charge on any atom is -0.501 e. The van der Waals surface area contributed by atoms with Crippen LogP contribution in [0.5, 0.6) is 0 Å². The average Bonchev–Trinajstić information content (AvgIpc) is 3.53. The SMILES string of the molecule is [2H]C(C)(C)c1ccnc(-c2[c-]cc(C([2H])(C)C)c3c2oc2cc4c(ccc5ccccc54)cc23)c1.[2H]C([2H])([2H])c1c[c-]c(-c2cc(C([2H])(C)C)c([Si](C)(C)C)cn2)cc1.[Ir]. The van der Waals surface area contributed by atoms with Gasteiger partial charge in [-0.05, 0) is 68.1 Å². The number of furan rings is 1. The normalized spacial score (nSPS) is 14.3. The molecule has 0 aliphatic carbocycles. The van der Waals surface area contributed by atoms with E-state index in [-0.39, 0.29) is 25.7 Å². The van der Waals surface area contributed by atoms with Crippen LogP contribution in [-0.4, -0.2) is 18.0 Å². The van der Waals surface area contributed by atoms with Crippen LogP contribution in [0.15, 0.2) is 108 Å². The molecule has 0 aliphatic rings. The second-order valence-corrected chi connectivity index (χ2v) is 20.6. The van der Waals surface area contributed by atoms with E-state index in [1.807, 2.05) is 72.0 Å². The average molecular weight is 909 g/mol. The van der Waals surface area contributed by atoms with Gasteiger partial charge in [0.25, 0.3) is 0 Å². The summed E-state index contributed by atoms with van der Waals surface area (Å²) < 4.78 is 54.6. The largest absolute Gasteiger partial charge is 0.501 e. The zero-order valence-corrected chi connectivity index (χ0v) is 35.8. The van der Waals surface area contributed by atoms with Gasteiger partial charge >= 0.3 is 0 Å². The fraction of sp³-hybridized carbons (Fsp3) is 0.265. The van der Waals surface area contributed by atoms with Crippen molar-refractivity contribution in [1.82, 2.24) is 9.97 Å². The van der Waals surface area contributed by atoms with Gasteiger partial charge in [0, 0.05) is 46.1 Å². The van der Waals surface area contributed by atoms with E-state index in [4.69, 9.17) is 12.6 Å². The van der Waals surface area contributed by atoms with Gasteiger partial charge in [0.15, 0.2) is 0 Å². The molecule has 1 radical (unpaired) electrons. The third kappa shape index (κ3) is 7.73. The summed E-state index contributed by atoms with van der Waals surface area (Å²) in [6, 6.07) is 35.9. The number of benzene rings is 5. The molecular weight excluding hydrogens is 853 g/mol. The van der Waals surface area contributed by atoms with E-state index in [1.54, 1.807) is 18.3 Å². The van der Waals surface area contributed by atoms with Crippen molar-refractivity contribution in [3.63, 3.8) is 0 Å². The van der Waals surface area contributed by atoms with Crippen LogP contribution in [0.3, 0.4) is 0 Å². The molecule has 8 aromatic rings. The van der Waals surface area contributed by atoms with Gasteiger partial charge in [-0.2, -0.15) is 0 Å². The van der Waals surface area contributed by atoms with Crippen LogP contribution in [-0.2, 0) is 20.1 Å². The maximum Gasteiger partial charge on any atom is 0.121 e. The Morgan fingerprint density at radius 1 is 0.704 bits per heavy atom. The van der Waals surface area contributed by atoms with Gasteiger partial charge in [0.05, 0.1) is 13.7 Å². The molecule has 0 bridgehead atoms. The van der Waals surface area contributed by atoms with E-state index in [2.05, 4.69) is 90.3 Å². The molecule has 0 saturated heterocycles. The summed E-state index contributed by atoms with van der Waals surface area (Å²) in [5.74, 6) is -2.29. The van der Waals surface area contributed by atoms with Crippen molar-refractivity contribution in [3.8, 4) is 22.5 Å². The van der Waals surface area contributed by atoms with Gasteiger partial charge in [-0.1, -0.05) is 145 Å². The van der Waals surface area contributed by atoms with Gasteiger partial charge in [0.2, 0.25) is 0 Å². The first-order valence-corrected chi connectivity index (χ1v) is 21.6. The molecule has 8 rings (SSSR count). The standard InChI is InChI=1S/C31H26NO.C18H24NSi.Ir/c1-18(2)21-13-14-32-28(16-21)25-12-11-23(19(3)4)30-27-15-22-10-9-20-7-5-6-8-24(20)26(22)17-29(27)33-31(25)30;1-13(2)16-11-17(15-9-7-14(3)8-10-15)19-12-18(16)20(4,5)6;/h5-11,13-19H,1-4H3;7-9,11-13H,1-6H3;/q2*-1;/i18D,19D;3D3,13D;. The van der Waals surface area contributed by atoms with Crippen molar-refractivity contribution in [2.45, 2.75) is 85.7 Å². The molecule has 0 unspecified atom stereocenters. The van der Waals surface area contributed by atoms with E-state index in [9.17, 15) is 0 Å². The van der Waals surface area contributed by atoms with E-state index in [1.165, 1.54) is 22.0 Å². The predicted molar refractivity (Wildman–Crippen MR) is 229 cm³/mol. The Labute approximate surface area is 344 Å². The minimum absolute atomic E-state index is 0. The summed E-state index contributed by atoms with van der Waals surface area (Å²) in [5, 5.41) is 7.77. The Morgan fingerprint density at radius 2 is 1.46 bits per heavy atom. The third-order valence-electron chi connectivity index (χ3n) is 9.88. The van der Waals surface area contributed by atoms with E-state index in [0.717, 1.165) is 66.3 Å². The molecule has 0 saturated carbocycles. The molecule has 5 aromatic carbocycles. The van der Waals surface area contributed by atoms with E-state index in [0.29, 0.717) is 5.58 Å². The topological polar surface area (TPSA) is 38.9 Å². The summed E-state index contributed by atoms with van der Waals surface area (Å²) in [4.78, 5) is 9.17. The van der Waals surface area contributed by atoms with Crippen molar-refractivity contribution in [3.05, 3.63) is 138 Å². The fourth-order valence-electron chi connectivity index (χ4n) is 6.98. The van der Waals surface area contributed by atoms with Crippen molar-refractivity contribution < 1.29 is 32.7 Å². The van der Waals surface area contributed by atoms with Gasteiger partial charge in [-0.15, -0.1) is 53.1 Å². The van der Waals surface area contributed by atoms with Crippen LogP contribution >= 0.6 is 0 Å². The van der Waals surface area contributed by atoms with Crippen LogP contribution in [0.1, 0.15) is 89.7 Å². The molecule has 0 aliphatic heterocycles. The summed E-state index contributed by atoms with van der Waals surface area (Å²) >= 11 is 0. The van der Waals surface area contributed by atoms with Crippen molar-refractivity contribution in [1.29, 1.82) is 0 Å². The Balaban J connectivity index is 0.000000213. The summed E-state index contributed by atoms with van der Waals surface area (Å²) in [5.41, 5.74) is 7.41. The van der Waals surface area contributed by atoms with Gasteiger partial charge in [0.1, 0.15) is 5.58 Å². The molecule has 3 aromatic heterocycles. The van der Waals surface area contributed by atoms with Crippen LogP contribution < -0.4 is 5.19 Å². The maximum atomic E-state index is 8.83. The first-order valence-electron chi connectivity index (χ1n) is 21.1. The number of pyridine rings is 2. The quantitative estimate of drug-likeness (QED) is 0.0948. The van der Waals surface area contributed by atoms with E-state index >= 15 is 0 Å². The maximum absolute atomic E-state index is 8.83. The number of aryl methyl sites for hydroxylation is 1. The van der Waals surface area contributed by atoms with Gasteiger partial charge in [-0.25, -0.2) is 0 Å². The Kier molecular flexibility index (Phi) is 9.30. The summed E-state index contributed by atoms with van der Waals surface area (Å²) in [6.07, 6.45) is 3.63. The van der Waals surface area contributed by atoms with E-state index < -0.39 is 32.6 Å². The van der Waals surface area contributed by atoms with Crippen LogP contribution in [0.4, 0.5) is 0 Å². The molecule has 3 nitrogen and oxygen atoms in total. The molecule has 3 heterocycles. The van der Waals surface area contributed by atoms with Gasteiger partial charge < -0.3 is 14.4 Å². The van der Waals surface area contributed by atoms with Crippen molar-refractivity contribution in [2.75, 3.05) is 0 Å². The number of rotatable bonds is 6. The molecule has 0 spiro atoms. The van der Waals surface area contributed by atoms with Crippen molar-refractivity contribution >= 4 is 56.7 Å². The summed E-state index contributed by atoms with van der Waals surface area (Å²) in [6.45, 7) is 15.9. The smallest absolute Gasteiger partial charge is 0.121 e. The third-order valence-corrected chi connectivity index (χ3v) is 11.9. The Hall–Kier alpha value is -4.41. The molecule has 0 fully saturated rings. The van der Waals surface area contributed by atoms with Crippen LogP contribution in [0.2, 0.25) is 19.6 Å². The molecule has 0 atom stereocenters. The Morgan fingerprint density at radius 3 is 2.15 bits per heavy atom. The number of nitrogens with zero attached hydrogens (tertiary/aromatic N) is 2. The molecule has 5 heteroatoms. The fourth-order valence-corrected chi connectivity index (χ4v) is 8.57. The molecule has 0 amide bonds. The molecule has 0 N–H and O–H groups in total. The van der Waals surface area contributed by atoms with Gasteiger partial charge in [-0.3, -0.25) is 0 Å². The number of hydrogen-bond acceptors (Lipinski definition) is 3. The van der Waals surface area contributed by atoms with Crippen LogP contribution in [0.25, 0.3) is 66.0 Å². The second kappa shape index (κ2) is 15.7. The first kappa shape index (κ1) is 31.9. The Bertz CT molecular complexity index is 2860. The zero-order valence-electron chi connectivity index (χ0n) is 38.5. The number of aromatic nitrogens is 2. The summed E-state index contributed by atoms with van der Waals surface area (Å²) in [7, 11) is -1.61. The molecule has 54 heavy (non-hydrogen) atoms. The van der Waals surface area contributed by atoms with Crippen LogP contribution in [0, 0.1) is 19.0 Å².